The molecule has 0 aliphatic heterocycles. The molecule has 148 valence electrons. The van der Waals surface area contributed by atoms with Crippen molar-refractivity contribution >= 4 is 22.4 Å². The summed E-state index contributed by atoms with van der Waals surface area (Å²) < 4.78 is 11.9. The largest absolute Gasteiger partial charge is 0.490 e. The van der Waals surface area contributed by atoms with Crippen molar-refractivity contribution in [1.29, 1.82) is 0 Å². The summed E-state index contributed by atoms with van der Waals surface area (Å²) in [6.45, 7) is 12.6. The Balaban J connectivity index is 2.36. The van der Waals surface area contributed by atoms with Crippen molar-refractivity contribution in [2.75, 3.05) is 11.9 Å². The highest BCUT2D eigenvalue weighted by Gasteiger charge is 2.35. The van der Waals surface area contributed by atoms with Crippen molar-refractivity contribution in [3.8, 4) is 5.75 Å². The SMILES string of the molecule is CCO[C@](C)(CC(C)C)C(=O)Nc1ccc(O[C@@H](C)CC)c2ccccc12. The maximum absolute atomic E-state index is 13.0. The van der Waals surface area contributed by atoms with E-state index in [1.165, 1.54) is 0 Å². The Bertz CT molecular complexity index is 771. The van der Waals surface area contributed by atoms with E-state index in [4.69, 9.17) is 9.47 Å². The second-order valence-corrected chi connectivity index (χ2v) is 7.71. The minimum Gasteiger partial charge on any atom is -0.490 e. The summed E-state index contributed by atoms with van der Waals surface area (Å²) in [4.78, 5) is 13.0. The number of carbonyl (C=O) groups excluding carboxylic acids is 1. The molecule has 0 aromatic heterocycles. The first-order valence-electron chi connectivity index (χ1n) is 9.94. The van der Waals surface area contributed by atoms with Crippen LogP contribution < -0.4 is 10.1 Å². The number of hydrogen-bond acceptors (Lipinski definition) is 3. The van der Waals surface area contributed by atoms with Gasteiger partial charge in [-0.25, -0.2) is 0 Å². The summed E-state index contributed by atoms with van der Waals surface area (Å²) in [5.74, 6) is 1.09. The number of hydrogen-bond donors (Lipinski definition) is 1. The second-order valence-electron chi connectivity index (χ2n) is 7.71. The number of benzene rings is 2. The predicted octanol–water partition coefficient (Wildman–Crippen LogP) is 5.80. The molecule has 1 amide bonds. The van der Waals surface area contributed by atoms with Gasteiger partial charge in [0, 0.05) is 23.1 Å². The van der Waals surface area contributed by atoms with Crippen molar-refractivity contribution in [2.45, 2.75) is 66.1 Å². The first-order chi connectivity index (χ1) is 12.8. The number of ether oxygens (including phenoxy) is 2. The van der Waals surface area contributed by atoms with Gasteiger partial charge in [-0.05, 0) is 51.7 Å². The molecule has 0 unspecified atom stereocenters. The van der Waals surface area contributed by atoms with Gasteiger partial charge >= 0.3 is 0 Å². The molecule has 2 atom stereocenters. The highest BCUT2D eigenvalue weighted by atomic mass is 16.5. The van der Waals surface area contributed by atoms with Crippen molar-refractivity contribution in [3.63, 3.8) is 0 Å². The molecule has 2 aromatic rings. The average molecular weight is 372 g/mol. The third-order valence-corrected chi connectivity index (χ3v) is 4.78. The van der Waals surface area contributed by atoms with Gasteiger partial charge in [0.1, 0.15) is 11.4 Å². The van der Waals surface area contributed by atoms with Crippen molar-refractivity contribution in [2.24, 2.45) is 5.92 Å². The lowest BCUT2D eigenvalue weighted by Crippen LogP contribution is -2.44. The summed E-state index contributed by atoms with van der Waals surface area (Å²) >= 11 is 0. The van der Waals surface area contributed by atoms with Gasteiger partial charge in [-0.2, -0.15) is 0 Å². The minimum atomic E-state index is -0.851. The highest BCUT2D eigenvalue weighted by Crippen LogP contribution is 2.33. The Morgan fingerprint density at radius 1 is 1.07 bits per heavy atom. The van der Waals surface area contributed by atoms with Crippen LogP contribution in [0.1, 0.15) is 54.4 Å². The number of anilines is 1. The lowest BCUT2D eigenvalue weighted by Gasteiger charge is -2.30. The average Bonchev–Trinajstić information content (AvgIpc) is 2.63. The third kappa shape index (κ3) is 5.23. The van der Waals surface area contributed by atoms with Gasteiger partial charge in [-0.15, -0.1) is 0 Å². The van der Waals surface area contributed by atoms with Gasteiger partial charge in [-0.1, -0.05) is 45.0 Å². The van der Waals surface area contributed by atoms with E-state index in [-0.39, 0.29) is 12.0 Å². The summed E-state index contributed by atoms with van der Waals surface area (Å²) in [5.41, 5.74) is -0.0718. The van der Waals surface area contributed by atoms with E-state index in [9.17, 15) is 4.79 Å². The Morgan fingerprint density at radius 3 is 2.33 bits per heavy atom. The molecule has 0 bridgehead atoms. The molecule has 0 saturated heterocycles. The first-order valence-corrected chi connectivity index (χ1v) is 9.94. The number of nitrogens with one attached hydrogen (secondary N) is 1. The normalized spacial score (nSPS) is 14.8. The van der Waals surface area contributed by atoms with Gasteiger partial charge in [0.05, 0.1) is 6.10 Å². The lowest BCUT2D eigenvalue weighted by atomic mass is 9.92. The van der Waals surface area contributed by atoms with E-state index in [2.05, 4.69) is 33.0 Å². The van der Waals surface area contributed by atoms with Crippen molar-refractivity contribution in [1.82, 2.24) is 0 Å². The number of fused-ring (bicyclic) bond motifs is 1. The van der Waals surface area contributed by atoms with Gasteiger partial charge in [0.25, 0.3) is 5.91 Å². The molecule has 4 heteroatoms. The Hall–Kier alpha value is -2.07. The quantitative estimate of drug-likeness (QED) is 0.606. The molecule has 0 spiro atoms. The first kappa shape index (κ1) is 21.2. The van der Waals surface area contributed by atoms with Crippen LogP contribution in [0.4, 0.5) is 5.69 Å². The molecule has 2 aromatic carbocycles. The zero-order chi connectivity index (χ0) is 20.0. The molecular formula is C23H33NO3. The van der Waals surface area contributed by atoms with E-state index in [1.807, 2.05) is 50.2 Å². The summed E-state index contributed by atoms with van der Waals surface area (Å²) in [6.07, 6.45) is 1.75. The molecule has 0 aliphatic carbocycles. The Kier molecular flexibility index (Phi) is 7.25. The molecule has 27 heavy (non-hydrogen) atoms. The summed E-state index contributed by atoms with van der Waals surface area (Å²) in [6, 6.07) is 11.8. The van der Waals surface area contributed by atoms with Crippen molar-refractivity contribution < 1.29 is 14.3 Å². The predicted molar refractivity (Wildman–Crippen MR) is 112 cm³/mol. The molecule has 0 heterocycles. The molecule has 2 rings (SSSR count). The van der Waals surface area contributed by atoms with Crippen LogP contribution in [-0.4, -0.2) is 24.2 Å². The monoisotopic (exact) mass is 371 g/mol. The fraction of sp³-hybridized carbons (Fsp3) is 0.522. The second kappa shape index (κ2) is 9.23. The molecule has 0 radical (unpaired) electrons. The van der Waals surface area contributed by atoms with Gasteiger partial charge in [-0.3, -0.25) is 4.79 Å². The van der Waals surface area contributed by atoms with Gasteiger partial charge < -0.3 is 14.8 Å². The molecule has 0 fully saturated rings. The third-order valence-electron chi connectivity index (χ3n) is 4.78. The lowest BCUT2D eigenvalue weighted by molar-refractivity contribution is -0.140. The van der Waals surface area contributed by atoms with Crippen LogP contribution in [0.25, 0.3) is 10.8 Å². The van der Waals surface area contributed by atoms with E-state index in [0.717, 1.165) is 28.6 Å². The highest BCUT2D eigenvalue weighted by molar-refractivity contribution is 6.06. The maximum atomic E-state index is 13.0. The Morgan fingerprint density at radius 2 is 1.74 bits per heavy atom. The smallest absolute Gasteiger partial charge is 0.256 e. The van der Waals surface area contributed by atoms with Crippen LogP contribution in [0.2, 0.25) is 0 Å². The number of amides is 1. The van der Waals surface area contributed by atoms with Crippen molar-refractivity contribution in [3.05, 3.63) is 36.4 Å². The fourth-order valence-corrected chi connectivity index (χ4v) is 3.35. The number of carbonyl (C=O) groups is 1. The zero-order valence-electron chi connectivity index (χ0n) is 17.5. The van der Waals surface area contributed by atoms with Gasteiger partial charge in [0.15, 0.2) is 0 Å². The number of rotatable bonds is 9. The van der Waals surface area contributed by atoms with Crippen LogP contribution in [0, 0.1) is 5.92 Å². The zero-order valence-corrected chi connectivity index (χ0v) is 17.5. The van der Waals surface area contributed by atoms with Crippen LogP contribution in [0.3, 0.4) is 0 Å². The topological polar surface area (TPSA) is 47.6 Å². The molecular weight excluding hydrogens is 338 g/mol. The van der Waals surface area contributed by atoms with E-state index < -0.39 is 5.60 Å². The standard InChI is InChI=1S/C23H33NO3/c1-7-17(5)27-21-14-13-20(18-11-9-10-12-19(18)21)24-22(25)23(6,26-8-2)15-16(3)4/h9-14,16-17H,7-8,15H2,1-6H3,(H,24,25)/t17-,23+/m0/s1. The van der Waals surface area contributed by atoms with Crippen LogP contribution in [0.5, 0.6) is 5.75 Å². The van der Waals surface area contributed by atoms with Crippen LogP contribution in [0.15, 0.2) is 36.4 Å². The minimum absolute atomic E-state index is 0.112. The van der Waals surface area contributed by atoms with Crippen LogP contribution in [-0.2, 0) is 9.53 Å². The molecule has 4 nitrogen and oxygen atoms in total. The Labute approximate surface area is 163 Å². The molecule has 0 saturated carbocycles. The van der Waals surface area contributed by atoms with E-state index >= 15 is 0 Å². The summed E-state index contributed by atoms with van der Waals surface area (Å²) in [7, 11) is 0. The van der Waals surface area contributed by atoms with Gasteiger partial charge in [0.2, 0.25) is 0 Å². The molecule has 1 N–H and O–H groups in total. The van der Waals surface area contributed by atoms with E-state index in [0.29, 0.717) is 18.9 Å². The maximum Gasteiger partial charge on any atom is 0.256 e. The van der Waals surface area contributed by atoms with E-state index in [1.54, 1.807) is 0 Å². The fourth-order valence-electron chi connectivity index (χ4n) is 3.35. The summed E-state index contributed by atoms with van der Waals surface area (Å²) in [5, 5.41) is 5.06. The molecule has 0 aliphatic rings. The van der Waals surface area contributed by atoms with Crippen LogP contribution >= 0.6 is 0 Å².